The van der Waals surface area contributed by atoms with Crippen LogP contribution in [0.3, 0.4) is 0 Å². The Kier molecular flexibility index (Phi) is 14.6. The summed E-state index contributed by atoms with van der Waals surface area (Å²) in [7, 11) is 0. The number of hydrogen-bond donors (Lipinski definition) is 1. The minimum Gasteiger partial charge on any atom is -0.323 e. The van der Waals surface area contributed by atoms with Crippen molar-refractivity contribution in [3.63, 3.8) is 0 Å². The van der Waals surface area contributed by atoms with Crippen molar-refractivity contribution in [1.29, 1.82) is 0 Å². The summed E-state index contributed by atoms with van der Waals surface area (Å²) in [5.41, 5.74) is 17.3. The number of imidazole rings is 2. The zero-order valence-corrected chi connectivity index (χ0v) is 50.9. The van der Waals surface area contributed by atoms with Gasteiger partial charge in [-0.25, -0.2) is 39.9 Å². The van der Waals surface area contributed by atoms with Gasteiger partial charge < -0.3 is 5.32 Å². The fourth-order valence-corrected chi connectivity index (χ4v) is 11.9. The Hall–Kier alpha value is -12.6. The average Bonchev–Trinajstić information content (AvgIpc) is 1.59. The van der Waals surface area contributed by atoms with Crippen LogP contribution in [-0.4, -0.2) is 68.9 Å². The number of nitrogens with zero attached hydrogens (tertiary/aromatic N) is 15. The molecule has 0 atom stereocenters. The number of benzene rings is 8. The van der Waals surface area contributed by atoms with Crippen LogP contribution in [-0.2, 0) is 0 Å². The Morgan fingerprint density at radius 3 is 1.20 bits per heavy atom. The quantitative estimate of drug-likeness (QED) is 0.159. The van der Waals surface area contributed by atoms with Gasteiger partial charge in [-0.3, -0.25) is 34.0 Å². The summed E-state index contributed by atoms with van der Waals surface area (Å²) >= 11 is 3.52. The van der Waals surface area contributed by atoms with Crippen molar-refractivity contribution in [2.75, 3.05) is 10.2 Å². The summed E-state index contributed by atoms with van der Waals surface area (Å²) in [6.45, 7) is 0. The van der Waals surface area contributed by atoms with Crippen molar-refractivity contribution in [3.05, 3.63) is 296 Å². The Balaban J connectivity index is 0.000000122. The van der Waals surface area contributed by atoms with Gasteiger partial charge in [-0.1, -0.05) is 186 Å². The number of pyridine rings is 4. The number of para-hydroxylation sites is 4. The molecule has 10 heterocycles. The predicted octanol–water partition coefficient (Wildman–Crippen LogP) is 17.6. The first-order valence-electron chi connectivity index (χ1n) is 30.0. The maximum Gasteiger partial charge on any atom is 0.220 e. The number of anilines is 5. The molecule has 0 unspecified atom stereocenters. The average molecular weight is 1270 g/mol. The second-order valence-corrected chi connectivity index (χ2v) is 22.5. The van der Waals surface area contributed by atoms with Crippen LogP contribution in [0.25, 0.3) is 125 Å². The third kappa shape index (κ3) is 10.8. The summed E-state index contributed by atoms with van der Waals surface area (Å²) < 4.78 is 5.25. The van der Waals surface area contributed by atoms with E-state index in [4.69, 9.17) is 44.9 Å². The van der Waals surface area contributed by atoms with Crippen molar-refractivity contribution in [2.45, 2.75) is 0 Å². The molecule has 16 nitrogen and oxygen atoms in total. The molecule has 0 saturated heterocycles. The molecule has 93 heavy (non-hydrogen) atoms. The highest BCUT2D eigenvalue weighted by molar-refractivity contribution is 9.10. The molecule has 2 aliphatic heterocycles. The molecule has 18 rings (SSSR count). The van der Waals surface area contributed by atoms with Crippen molar-refractivity contribution < 1.29 is 0 Å². The van der Waals surface area contributed by atoms with Crippen LogP contribution in [0.2, 0.25) is 0 Å². The summed E-state index contributed by atoms with van der Waals surface area (Å²) in [4.78, 5) is 59.6. The van der Waals surface area contributed by atoms with E-state index < -0.39 is 0 Å². The second-order valence-electron chi connectivity index (χ2n) is 21.6. The molecular formula is C76H49BrN16. The lowest BCUT2D eigenvalue weighted by atomic mass is 10.1. The summed E-state index contributed by atoms with van der Waals surface area (Å²) in [5, 5.41) is 3.39. The molecule has 0 aliphatic carbocycles. The van der Waals surface area contributed by atoms with Gasteiger partial charge in [0.2, 0.25) is 11.9 Å². The molecule has 8 aromatic heterocycles. The van der Waals surface area contributed by atoms with E-state index in [-0.39, 0.29) is 0 Å². The highest BCUT2D eigenvalue weighted by atomic mass is 79.9. The van der Waals surface area contributed by atoms with Crippen molar-refractivity contribution in [3.8, 4) is 102 Å². The Morgan fingerprint density at radius 1 is 0.290 bits per heavy atom. The maximum absolute atomic E-state index is 5.17. The molecule has 0 spiro atoms. The van der Waals surface area contributed by atoms with Crippen LogP contribution in [0.1, 0.15) is 0 Å². The third-order valence-corrected chi connectivity index (χ3v) is 16.2. The lowest BCUT2D eigenvalue weighted by molar-refractivity contribution is 1.04. The first-order chi connectivity index (χ1) is 46.0. The van der Waals surface area contributed by atoms with Gasteiger partial charge in [0.1, 0.15) is 22.8 Å². The van der Waals surface area contributed by atoms with Crippen LogP contribution >= 0.6 is 15.9 Å². The van der Waals surface area contributed by atoms with Crippen LogP contribution in [0, 0.1) is 0 Å². The third-order valence-electron chi connectivity index (χ3n) is 15.7. The van der Waals surface area contributed by atoms with Gasteiger partial charge in [0.25, 0.3) is 0 Å². The minimum atomic E-state index is 0.578. The van der Waals surface area contributed by atoms with E-state index >= 15 is 0 Å². The molecule has 2 aliphatic rings. The number of hydrogen-bond acceptors (Lipinski definition) is 14. The predicted molar refractivity (Wildman–Crippen MR) is 369 cm³/mol. The Labute approximate surface area is 541 Å². The molecule has 440 valence electrons. The zero-order chi connectivity index (χ0) is 62.0. The molecule has 1 N–H and O–H groups in total. The number of aromatic nitrogens is 14. The van der Waals surface area contributed by atoms with Crippen LogP contribution in [0.15, 0.2) is 296 Å². The Bertz CT molecular complexity index is 5300. The van der Waals surface area contributed by atoms with Crippen molar-refractivity contribution in [2.24, 2.45) is 0 Å². The monoisotopic (exact) mass is 1260 g/mol. The first kappa shape index (κ1) is 55.7. The molecule has 8 aromatic carbocycles. The summed E-state index contributed by atoms with van der Waals surface area (Å²) in [5.74, 6) is 5.33. The van der Waals surface area contributed by atoms with Gasteiger partial charge in [-0.05, 0) is 97.1 Å². The summed E-state index contributed by atoms with van der Waals surface area (Å²) in [6, 6.07) is 88.3. The van der Waals surface area contributed by atoms with Crippen molar-refractivity contribution >= 4 is 67.0 Å². The lowest BCUT2D eigenvalue weighted by Crippen LogP contribution is -2.14. The lowest BCUT2D eigenvalue weighted by Gasteiger charge is -2.24. The molecule has 16 aromatic rings. The standard InChI is InChI=1S/C38H24N8.C21H14BrN3.C17H11N5/c1-3-12-25(13-4-1)35-42-36(26-14-5-2-6-15-26)44-37(43-35)27-16-9-17-28(24-27)45-31-20-10-22-39-33(31)34-32(21-11-23-40-34)46-30-19-8-7-18-29(30)41-38(45)46;22-18-13-7-12-17(14-18)21-24-19(15-8-3-1-4-9-15)23-20(25-21)16-10-5-2-6-11-16;1-2-7-13-11(5-1)20-17-21-12-6-3-9-18-15(12)16-14(22(13)17)8-4-10-19-16/h1-24H;1-14H;1-10H,(H,20,21). The van der Waals surface area contributed by atoms with Crippen LogP contribution in [0.4, 0.5) is 29.0 Å². The van der Waals surface area contributed by atoms with Crippen molar-refractivity contribution in [1.82, 2.24) is 68.9 Å². The van der Waals surface area contributed by atoms with E-state index in [2.05, 4.69) is 86.6 Å². The van der Waals surface area contributed by atoms with E-state index in [1.165, 1.54) is 0 Å². The molecule has 17 heteroatoms. The van der Waals surface area contributed by atoms with Crippen LogP contribution in [0.5, 0.6) is 0 Å². The van der Waals surface area contributed by atoms with Gasteiger partial charge >= 0.3 is 0 Å². The largest absolute Gasteiger partial charge is 0.323 e. The summed E-state index contributed by atoms with van der Waals surface area (Å²) in [6.07, 6.45) is 7.19. The normalized spacial score (nSPS) is 11.6. The van der Waals surface area contributed by atoms with Crippen LogP contribution < -0.4 is 10.2 Å². The number of rotatable bonds is 7. The molecule has 0 bridgehead atoms. The Morgan fingerprint density at radius 2 is 0.677 bits per heavy atom. The fraction of sp³-hybridized carbons (Fsp3) is 0. The molecule has 0 radical (unpaired) electrons. The highest BCUT2D eigenvalue weighted by Crippen LogP contribution is 2.47. The molecule has 0 fully saturated rings. The SMILES string of the molecule is Brc1cccc(-c2nc(-c3ccccc3)nc(-c3ccccc3)n2)c1.c1ccc(-c2nc(-c3ccccc3)nc(-c3cccc(N4c5cccnc5-c5ncccc5-n5c4nc4ccccc45)c3)n2)cc1.c1cnc2c(c1)Nc1nc3ccccc3n1-c1cccnc1-2. The molecule has 0 amide bonds. The zero-order valence-electron chi connectivity index (χ0n) is 49.3. The fourth-order valence-electron chi connectivity index (χ4n) is 11.5. The number of nitrogens with one attached hydrogen (secondary N) is 1. The van der Waals surface area contributed by atoms with Gasteiger partial charge in [-0.15, -0.1) is 0 Å². The van der Waals surface area contributed by atoms with E-state index in [1.807, 2.05) is 237 Å². The van der Waals surface area contributed by atoms with E-state index in [9.17, 15) is 0 Å². The van der Waals surface area contributed by atoms with E-state index in [1.54, 1.807) is 18.6 Å². The number of halogens is 1. The minimum absolute atomic E-state index is 0.578. The molecular weight excluding hydrogens is 1220 g/mol. The highest BCUT2D eigenvalue weighted by Gasteiger charge is 2.31. The first-order valence-corrected chi connectivity index (χ1v) is 30.8. The van der Waals surface area contributed by atoms with Gasteiger partial charge in [0, 0.05) is 68.3 Å². The maximum atomic E-state index is 5.17. The molecule has 0 saturated carbocycles. The van der Waals surface area contributed by atoms with Gasteiger partial charge in [0.15, 0.2) is 34.9 Å². The van der Waals surface area contributed by atoms with Gasteiger partial charge in [0.05, 0.1) is 44.8 Å². The number of fused-ring (bicyclic) bond motifs is 14. The second kappa shape index (κ2) is 24.4. The van der Waals surface area contributed by atoms with E-state index in [0.717, 1.165) is 123 Å². The van der Waals surface area contributed by atoms with E-state index in [0.29, 0.717) is 34.9 Å². The van der Waals surface area contributed by atoms with Gasteiger partial charge in [-0.2, -0.15) is 0 Å². The smallest absolute Gasteiger partial charge is 0.220 e. The topological polar surface area (TPSA) is 180 Å².